The van der Waals surface area contributed by atoms with Crippen LogP contribution in [0.1, 0.15) is 63.4 Å². The molecule has 33 heavy (non-hydrogen) atoms. The van der Waals surface area contributed by atoms with Crippen molar-refractivity contribution in [2.75, 3.05) is 18.4 Å². The molecule has 0 fully saturated rings. The van der Waals surface area contributed by atoms with E-state index in [-0.39, 0.29) is 17.2 Å². The molecule has 0 saturated heterocycles. The minimum atomic E-state index is -0.274. The van der Waals surface area contributed by atoms with Gasteiger partial charge in [-0.1, -0.05) is 46.8 Å². The Morgan fingerprint density at radius 2 is 1.85 bits per heavy atom. The lowest BCUT2D eigenvalue weighted by molar-refractivity contribution is -0.116. The number of guanidine groups is 1. The van der Waals surface area contributed by atoms with Crippen molar-refractivity contribution in [1.29, 1.82) is 0 Å². The van der Waals surface area contributed by atoms with Gasteiger partial charge in [-0.25, -0.2) is 0 Å². The van der Waals surface area contributed by atoms with E-state index < -0.39 is 0 Å². The molecule has 2 aromatic carbocycles. The van der Waals surface area contributed by atoms with E-state index >= 15 is 0 Å². The molecule has 0 spiro atoms. The number of hydrogen-bond donors (Lipinski definition) is 3. The number of nitrogens with one attached hydrogen (secondary N) is 3. The number of para-hydroxylation sites is 2. The molecule has 1 aliphatic rings. The Balaban J connectivity index is 1.83. The van der Waals surface area contributed by atoms with Crippen LogP contribution in [-0.4, -0.2) is 30.9 Å². The zero-order chi connectivity index (χ0) is 24.0. The lowest BCUT2D eigenvalue weighted by Crippen LogP contribution is -2.38. The Labute approximate surface area is 196 Å². The van der Waals surface area contributed by atoms with Gasteiger partial charge >= 0.3 is 0 Å². The fraction of sp³-hybridized carbons (Fsp3) is 0.423. The molecule has 2 amide bonds. The largest absolute Gasteiger partial charge is 0.455 e. The van der Waals surface area contributed by atoms with Crippen LogP contribution >= 0.6 is 0 Å². The number of benzene rings is 2. The monoisotopic (exact) mass is 450 g/mol. The fourth-order valence-electron chi connectivity index (χ4n) is 3.42. The van der Waals surface area contributed by atoms with E-state index in [0.29, 0.717) is 47.6 Å². The van der Waals surface area contributed by atoms with Crippen LogP contribution in [0.2, 0.25) is 0 Å². The second kappa shape index (κ2) is 10.5. The number of carbonyl (C=O) groups is 2. The van der Waals surface area contributed by atoms with Gasteiger partial charge in [0.2, 0.25) is 5.91 Å². The van der Waals surface area contributed by atoms with Crippen molar-refractivity contribution >= 4 is 23.5 Å². The summed E-state index contributed by atoms with van der Waals surface area (Å²) in [6, 6.07) is 12.8. The first-order chi connectivity index (χ1) is 15.6. The molecule has 0 aliphatic carbocycles. The van der Waals surface area contributed by atoms with Crippen molar-refractivity contribution in [2.24, 2.45) is 10.9 Å². The van der Waals surface area contributed by atoms with E-state index in [1.165, 1.54) is 0 Å². The number of aliphatic imine (C=N–C) groups is 1. The van der Waals surface area contributed by atoms with Crippen LogP contribution in [-0.2, 0) is 10.2 Å². The van der Waals surface area contributed by atoms with Gasteiger partial charge in [0.05, 0.1) is 12.2 Å². The highest BCUT2D eigenvalue weighted by Gasteiger charge is 2.23. The van der Waals surface area contributed by atoms with Crippen molar-refractivity contribution in [1.82, 2.24) is 10.6 Å². The molecule has 0 aromatic heterocycles. The molecular weight excluding hydrogens is 416 g/mol. The van der Waals surface area contributed by atoms with Gasteiger partial charge in [0, 0.05) is 24.1 Å². The summed E-state index contributed by atoms with van der Waals surface area (Å²) in [5.41, 5.74) is 1.76. The molecule has 1 heterocycles. The minimum absolute atomic E-state index is 0.0359. The first-order valence-electron chi connectivity index (χ1n) is 11.4. The van der Waals surface area contributed by atoms with E-state index in [2.05, 4.69) is 55.6 Å². The molecule has 0 saturated carbocycles. The Bertz CT molecular complexity index is 1040. The molecule has 3 rings (SSSR count). The third kappa shape index (κ3) is 6.81. The van der Waals surface area contributed by atoms with Crippen LogP contribution in [0, 0.1) is 5.92 Å². The number of anilines is 1. The summed E-state index contributed by atoms with van der Waals surface area (Å²) in [5, 5.41) is 8.81. The molecule has 0 radical (unpaired) electrons. The lowest BCUT2D eigenvalue weighted by Gasteiger charge is -2.24. The highest BCUT2D eigenvalue weighted by Crippen LogP contribution is 2.37. The first-order valence-corrected chi connectivity index (χ1v) is 11.4. The van der Waals surface area contributed by atoms with Gasteiger partial charge < -0.3 is 15.4 Å². The van der Waals surface area contributed by atoms with Crippen LogP contribution in [0.5, 0.6) is 11.5 Å². The highest BCUT2D eigenvalue weighted by molar-refractivity contribution is 6.06. The van der Waals surface area contributed by atoms with Crippen LogP contribution in [0.25, 0.3) is 0 Å². The number of ether oxygens (including phenoxy) is 1. The van der Waals surface area contributed by atoms with Gasteiger partial charge in [0.15, 0.2) is 11.7 Å². The Kier molecular flexibility index (Phi) is 7.74. The quantitative estimate of drug-likeness (QED) is 0.563. The third-order valence-electron chi connectivity index (χ3n) is 5.29. The van der Waals surface area contributed by atoms with E-state index in [1.807, 2.05) is 30.3 Å². The third-order valence-corrected chi connectivity index (χ3v) is 5.29. The Hall–Kier alpha value is -3.35. The summed E-state index contributed by atoms with van der Waals surface area (Å²) < 4.78 is 6.28. The SMILES string of the molecule is CC(C)CCC(=O)Nc1ccccc1Oc1ccc(C(=O)NC2=NCCN2)cc1C(C)(C)C. The predicted octanol–water partition coefficient (Wildman–Crippen LogP) is 4.84. The molecule has 7 nitrogen and oxygen atoms in total. The molecule has 1 aliphatic heterocycles. The maximum Gasteiger partial charge on any atom is 0.257 e. The van der Waals surface area contributed by atoms with Crippen LogP contribution in [0.3, 0.4) is 0 Å². The van der Waals surface area contributed by atoms with Gasteiger partial charge in [-0.15, -0.1) is 0 Å². The molecule has 7 heteroatoms. The predicted molar refractivity (Wildman–Crippen MR) is 132 cm³/mol. The molecule has 0 bridgehead atoms. The zero-order valence-corrected chi connectivity index (χ0v) is 20.1. The summed E-state index contributed by atoms with van der Waals surface area (Å²) in [4.78, 5) is 29.3. The molecule has 0 atom stereocenters. The van der Waals surface area contributed by atoms with Gasteiger partial charge in [-0.05, 0) is 48.1 Å². The van der Waals surface area contributed by atoms with Gasteiger partial charge in [-0.2, -0.15) is 0 Å². The second-order valence-electron chi connectivity index (χ2n) is 9.65. The van der Waals surface area contributed by atoms with Crippen molar-refractivity contribution in [3.63, 3.8) is 0 Å². The summed E-state index contributed by atoms with van der Waals surface area (Å²) in [7, 11) is 0. The molecular formula is C26H34N4O3. The summed E-state index contributed by atoms with van der Waals surface area (Å²) >= 11 is 0. The molecule has 0 unspecified atom stereocenters. The normalized spacial score (nSPS) is 13.3. The van der Waals surface area contributed by atoms with E-state index in [0.717, 1.165) is 18.5 Å². The number of nitrogens with zero attached hydrogens (tertiary/aromatic N) is 1. The molecule has 2 aromatic rings. The zero-order valence-electron chi connectivity index (χ0n) is 20.1. The number of hydrogen-bond acceptors (Lipinski definition) is 5. The van der Waals surface area contributed by atoms with Crippen molar-refractivity contribution in [3.8, 4) is 11.5 Å². The maximum atomic E-state index is 12.7. The highest BCUT2D eigenvalue weighted by atomic mass is 16.5. The smallest absolute Gasteiger partial charge is 0.257 e. The van der Waals surface area contributed by atoms with Crippen LogP contribution < -0.4 is 20.7 Å². The summed E-state index contributed by atoms with van der Waals surface area (Å²) in [5.74, 6) is 1.90. The average molecular weight is 451 g/mol. The van der Waals surface area contributed by atoms with Crippen molar-refractivity contribution in [3.05, 3.63) is 53.6 Å². The number of rotatable bonds is 7. The molecule has 3 N–H and O–H groups in total. The van der Waals surface area contributed by atoms with Crippen LogP contribution in [0.15, 0.2) is 47.5 Å². The standard InChI is InChI=1S/C26H34N4O3/c1-17(2)10-13-23(31)29-20-8-6-7-9-22(20)33-21-12-11-18(16-19(21)26(3,4)5)24(32)30-25-27-14-15-28-25/h6-9,11-12,16-17H,10,13-15H2,1-5H3,(H,29,31)(H2,27,28,30,32). The molecule has 176 valence electrons. The fourth-order valence-corrected chi connectivity index (χ4v) is 3.42. The second-order valence-corrected chi connectivity index (χ2v) is 9.65. The maximum absolute atomic E-state index is 12.7. The van der Waals surface area contributed by atoms with Gasteiger partial charge in [0.1, 0.15) is 5.75 Å². The van der Waals surface area contributed by atoms with Gasteiger partial charge in [-0.3, -0.25) is 19.9 Å². The lowest BCUT2D eigenvalue weighted by atomic mass is 9.85. The number of amides is 2. The van der Waals surface area contributed by atoms with E-state index in [1.54, 1.807) is 12.1 Å². The van der Waals surface area contributed by atoms with Crippen molar-refractivity contribution in [2.45, 2.75) is 52.9 Å². The summed E-state index contributed by atoms with van der Waals surface area (Å²) in [6.45, 7) is 11.8. The Morgan fingerprint density at radius 1 is 1.09 bits per heavy atom. The van der Waals surface area contributed by atoms with Crippen LogP contribution in [0.4, 0.5) is 5.69 Å². The first kappa shape index (κ1) is 24.3. The number of carbonyl (C=O) groups excluding carboxylic acids is 2. The van der Waals surface area contributed by atoms with E-state index in [9.17, 15) is 9.59 Å². The topological polar surface area (TPSA) is 91.8 Å². The van der Waals surface area contributed by atoms with E-state index in [4.69, 9.17) is 4.74 Å². The van der Waals surface area contributed by atoms with Gasteiger partial charge in [0.25, 0.3) is 5.91 Å². The average Bonchev–Trinajstić information content (AvgIpc) is 3.26. The minimum Gasteiger partial charge on any atom is -0.455 e. The summed E-state index contributed by atoms with van der Waals surface area (Å²) in [6.07, 6.45) is 1.29. The Morgan fingerprint density at radius 3 is 2.52 bits per heavy atom. The van der Waals surface area contributed by atoms with Crippen molar-refractivity contribution < 1.29 is 14.3 Å².